The molecule has 1 saturated carbocycles. The number of fused-ring (bicyclic) bond motifs is 1. The number of alkyl halides is 2. The molecule has 0 spiro atoms. The molecule has 9 heteroatoms. The third-order valence-corrected chi connectivity index (χ3v) is 6.20. The van der Waals surface area contributed by atoms with Crippen LogP contribution in [0.2, 0.25) is 0 Å². The lowest BCUT2D eigenvalue weighted by atomic mass is 9.97. The lowest BCUT2D eigenvalue weighted by Crippen LogP contribution is -2.51. The van der Waals surface area contributed by atoms with Gasteiger partial charge in [0.25, 0.3) is 5.92 Å². The molecule has 1 aromatic carbocycles. The summed E-state index contributed by atoms with van der Waals surface area (Å²) >= 11 is 0. The van der Waals surface area contributed by atoms with Crippen molar-refractivity contribution in [2.75, 3.05) is 36.0 Å². The van der Waals surface area contributed by atoms with Crippen LogP contribution in [-0.4, -0.2) is 61.3 Å². The predicted octanol–water partition coefficient (Wildman–Crippen LogP) is 3.35. The number of hydrogen-bond donors (Lipinski definition) is 1. The number of ether oxygens (including phenoxy) is 1. The summed E-state index contributed by atoms with van der Waals surface area (Å²) in [6.45, 7) is 8.95. The van der Waals surface area contributed by atoms with Crippen molar-refractivity contribution in [2.45, 2.75) is 58.1 Å². The first-order chi connectivity index (χ1) is 14.6. The zero-order valence-electron chi connectivity index (χ0n) is 18.4. The Kier molecular flexibility index (Phi) is 5.68. The van der Waals surface area contributed by atoms with Gasteiger partial charge in [0.05, 0.1) is 23.5 Å². The number of amides is 2. The number of carbonyl (C=O) groups is 2. The first-order valence-corrected chi connectivity index (χ1v) is 10.8. The summed E-state index contributed by atoms with van der Waals surface area (Å²) in [6.07, 6.45) is -0.736. The molecule has 0 bridgehead atoms. The highest BCUT2D eigenvalue weighted by Gasteiger charge is 2.57. The van der Waals surface area contributed by atoms with Gasteiger partial charge in [0, 0.05) is 51.4 Å². The van der Waals surface area contributed by atoms with E-state index in [1.54, 1.807) is 23.6 Å². The van der Waals surface area contributed by atoms with Gasteiger partial charge in [-0.1, -0.05) is 6.07 Å². The second-order valence-electron chi connectivity index (χ2n) is 9.16. The zero-order chi connectivity index (χ0) is 22.5. The summed E-state index contributed by atoms with van der Waals surface area (Å²) in [4.78, 5) is 28.4. The molecular formula is C22H30F2N4O3. The second kappa shape index (κ2) is 8.02. The lowest BCUT2D eigenvalue weighted by molar-refractivity contribution is -0.117. The third kappa shape index (κ3) is 4.39. The summed E-state index contributed by atoms with van der Waals surface area (Å²) in [6, 6.07) is 5.58. The molecule has 2 aliphatic heterocycles. The van der Waals surface area contributed by atoms with Crippen LogP contribution in [0.15, 0.2) is 18.2 Å². The molecule has 4 rings (SSSR count). The molecule has 31 heavy (non-hydrogen) atoms. The molecule has 1 N–H and O–H groups in total. The van der Waals surface area contributed by atoms with Gasteiger partial charge in [-0.3, -0.25) is 15.1 Å². The fraction of sp³-hybridized carbons (Fsp3) is 0.636. The fourth-order valence-corrected chi connectivity index (χ4v) is 4.54. The minimum atomic E-state index is -2.53. The van der Waals surface area contributed by atoms with Gasteiger partial charge in [0.15, 0.2) is 0 Å². The Bertz CT molecular complexity index is 878. The van der Waals surface area contributed by atoms with Crippen LogP contribution in [0.4, 0.5) is 25.0 Å². The van der Waals surface area contributed by atoms with E-state index < -0.39 is 17.9 Å². The molecule has 1 aliphatic carbocycles. The number of hydrazine groups is 1. The maximum absolute atomic E-state index is 13.3. The van der Waals surface area contributed by atoms with Crippen molar-refractivity contribution in [3.63, 3.8) is 0 Å². The molecule has 2 unspecified atom stereocenters. The molecular weight excluding hydrogens is 406 g/mol. The molecule has 170 valence electrons. The minimum absolute atomic E-state index is 0.0410. The number of hydrogen-bond acceptors (Lipinski definition) is 5. The van der Waals surface area contributed by atoms with Crippen molar-refractivity contribution in [2.24, 2.45) is 5.92 Å². The Morgan fingerprint density at radius 1 is 1.26 bits per heavy atom. The van der Waals surface area contributed by atoms with Gasteiger partial charge in [-0.25, -0.2) is 18.6 Å². The Morgan fingerprint density at radius 2 is 1.97 bits per heavy atom. The topological polar surface area (TPSA) is 65.1 Å². The van der Waals surface area contributed by atoms with Crippen LogP contribution in [0, 0.1) is 5.92 Å². The number of carbonyl (C=O) groups excluding carboxylic acids is 2. The van der Waals surface area contributed by atoms with E-state index in [-0.39, 0.29) is 30.4 Å². The maximum atomic E-state index is 13.3. The highest BCUT2D eigenvalue weighted by atomic mass is 19.3. The maximum Gasteiger partial charge on any atom is 0.414 e. The summed E-state index contributed by atoms with van der Waals surface area (Å²) in [7, 11) is 0. The molecule has 1 aromatic rings. The molecule has 2 amide bonds. The van der Waals surface area contributed by atoms with Crippen LogP contribution in [0.3, 0.4) is 0 Å². The van der Waals surface area contributed by atoms with E-state index in [1.807, 2.05) is 30.1 Å². The number of nitrogens with zero attached hydrogens (tertiary/aromatic N) is 3. The Balaban J connectivity index is 1.58. The summed E-state index contributed by atoms with van der Waals surface area (Å²) in [5.74, 6) is -3.09. The molecule has 0 aromatic heterocycles. The van der Waals surface area contributed by atoms with E-state index in [2.05, 4.69) is 5.43 Å². The highest BCUT2D eigenvalue weighted by molar-refractivity contribution is 6.02. The van der Waals surface area contributed by atoms with Crippen molar-refractivity contribution in [3.8, 4) is 0 Å². The number of anilines is 2. The molecule has 0 radical (unpaired) electrons. The smallest absolute Gasteiger partial charge is 0.414 e. The van der Waals surface area contributed by atoms with Gasteiger partial charge in [0.2, 0.25) is 5.91 Å². The van der Waals surface area contributed by atoms with Crippen LogP contribution < -0.4 is 15.2 Å². The van der Waals surface area contributed by atoms with E-state index in [0.29, 0.717) is 37.6 Å². The SMILES string of the molecule is CC(=O)N1c2ccc(C3CNN(CC4CC4(F)F)C3)cc2N(C(=O)OC(C)C)C[C@@H]1C. The average Bonchev–Trinajstić information content (AvgIpc) is 3.06. The van der Waals surface area contributed by atoms with E-state index in [4.69, 9.17) is 4.74 Å². The normalized spacial score (nSPS) is 27.4. The second-order valence-corrected chi connectivity index (χ2v) is 9.16. The monoisotopic (exact) mass is 436 g/mol. The number of rotatable bonds is 4. The summed E-state index contributed by atoms with van der Waals surface area (Å²) < 4.78 is 32.0. The van der Waals surface area contributed by atoms with E-state index in [1.165, 1.54) is 6.92 Å². The van der Waals surface area contributed by atoms with Crippen molar-refractivity contribution >= 4 is 23.4 Å². The Morgan fingerprint density at radius 3 is 2.58 bits per heavy atom. The van der Waals surface area contributed by atoms with Crippen LogP contribution in [0.25, 0.3) is 0 Å². The van der Waals surface area contributed by atoms with E-state index in [0.717, 1.165) is 5.56 Å². The van der Waals surface area contributed by atoms with Crippen LogP contribution in [0.1, 0.15) is 45.6 Å². The third-order valence-electron chi connectivity index (χ3n) is 6.20. The highest BCUT2D eigenvalue weighted by Crippen LogP contribution is 2.49. The van der Waals surface area contributed by atoms with Gasteiger partial charge in [0.1, 0.15) is 0 Å². The van der Waals surface area contributed by atoms with Crippen LogP contribution in [0.5, 0.6) is 0 Å². The van der Waals surface area contributed by atoms with Gasteiger partial charge < -0.3 is 9.64 Å². The van der Waals surface area contributed by atoms with Gasteiger partial charge in [-0.2, -0.15) is 0 Å². The molecule has 3 aliphatic rings. The Labute approximate surface area is 181 Å². The minimum Gasteiger partial charge on any atom is -0.446 e. The van der Waals surface area contributed by atoms with E-state index >= 15 is 0 Å². The molecule has 1 saturated heterocycles. The largest absolute Gasteiger partial charge is 0.446 e. The van der Waals surface area contributed by atoms with Gasteiger partial charge >= 0.3 is 6.09 Å². The predicted molar refractivity (Wildman–Crippen MR) is 113 cm³/mol. The lowest BCUT2D eigenvalue weighted by Gasteiger charge is -2.40. The van der Waals surface area contributed by atoms with Gasteiger partial charge in [-0.05, 0) is 38.5 Å². The summed E-state index contributed by atoms with van der Waals surface area (Å²) in [5.41, 5.74) is 5.53. The molecule has 2 fully saturated rings. The average molecular weight is 437 g/mol. The first-order valence-electron chi connectivity index (χ1n) is 10.8. The number of benzene rings is 1. The zero-order valence-corrected chi connectivity index (χ0v) is 18.4. The molecule has 2 heterocycles. The van der Waals surface area contributed by atoms with Crippen molar-refractivity contribution in [1.82, 2.24) is 10.4 Å². The molecule has 7 nitrogen and oxygen atoms in total. The number of halogens is 2. The van der Waals surface area contributed by atoms with E-state index in [9.17, 15) is 18.4 Å². The van der Waals surface area contributed by atoms with Crippen LogP contribution in [-0.2, 0) is 9.53 Å². The van der Waals surface area contributed by atoms with Crippen molar-refractivity contribution in [1.29, 1.82) is 0 Å². The quantitative estimate of drug-likeness (QED) is 0.784. The fourth-order valence-electron chi connectivity index (χ4n) is 4.54. The van der Waals surface area contributed by atoms with Crippen molar-refractivity contribution < 1.29 is 23.1 Å². The van der Waals surface area contributed by atoms with Crippen LogP contribution >= 0.6 is 0 Å². The van der Waals surface area contributed by atoms with Gasteiger partial charge in [-0.15, -0.1) is 0 Å². The summed E-state index contributed by atoms with van der Waals surface area (Å²) in [5, 5.41) is 1.87. The Hall–Kier alpha value is -2.26. The molecule has 3 atom stereocenters. The van der Waals surface area contributed by atoms with Crippen molar-refractivity contribution in [3.05, 3.63) is 23.8 Å². The number of nitrogens with one attached hydrogen (secondary N) is 1. The first kappa shape index (κ1) is 22.0. The standard InChI is InChI=1S/C22H30F2N4O3/c1-13(2)31-21(30)27-10-14(3)28(15(4)29)19-6-5-16(7-20(19)27)17-9-25-26(11-17)12-18-8-22(18,23)24/h5-7,13-14,17-18,25H,8-12H2,1-4H3/t14-,17?,18?/m0/s1.